The Balaban J connectivity index is 1.74. The molecule has 0 atom stereocenters. The van der Waals surface area contributed by atoms with Gasteiger partial charge in [0.25, 0.3) is 0 Å². The number of halogens is 1. The molecule has 100 valence electrons. The van der Waals surface area contributed by atoms with E-state index < -0.39 is 0 Å². The van der Waals surface area contributed by atoms with Crippen LogP contribution in [0.2, 0.25) is 0 Å². The van der Waals surface area contributed by atoms with E-state index in [0.29, 0.717) is 19.3 Å². The van der Waals surface area contributed by atoms with Crippen LogP contribution in [0.4, 0.5) is 4.39 Å². The van der Waals surface area contributed by atoms with Gasteiger partial charge in [0.05, 0.1) is 12.7 Å². The fourth-order valence-corrected chi connectivity index (χ4v) is 2.32. The zero-order valence-electron chi connectivity index (χ0n) is 10.6. The molecule has 1 fully saturated rings. The lowest BCUT2D eigenvalue weighted by Crippen LogP contribution is -2.37. The normalized spacial score (nSPS) is 18.1. The molecule has 0 unspecified atom stereocenters. The van der Waals surface area contributed by atoms with Gasteiger partial charge in [-0.1, -0.05) is 12.1 Å². The third-order valence-corrected chi connectivity index (χ3v) is 3.33. The van der Waals surface area contributed by atoms with Crippen LogP contribution in [0.5, 0.6) is 0 Å². The molecule has 0 saturated carbocycles. The number of ether oxygens (including phenoxy) is 1. The fraction of sp³-hybridized carbons (Fsp3) is 0.571. The maximum absolute atomic E-state index is 12.8. The molecule has 0 spiro atoms. The van der Waals surface area contributed by atoms with Gasteiger partial charge in [-0.2, -0.15) is 0 Å². The second-order valence-corrected chi connectivity index (χ2v) is 4.76. The molecule has 0 aromatic heterocycles. The van der Waals surface area contributed by atoms with Crippen molar-refractivity contribution < 1.29 is 9.13 Å². The van der Waals surface area contributed by atoms with Gasteiger partial charge in [-0.25, -0.2) is 4.39 Å². The number of benzene rings is 1. The summed E-state index contributed by atoms with van der Waals surface area (Å²) in [5, 5.41) is 0. The first-order valence-corrected chi connectivity index (χ1v) is 6.56. The minimum Gasteiger partial charge on any atom is -0.377 e. The first kappa shape index (κ1) is 13.5. The van der Waals surface area contributed by atoms with Crippen molar-refractivity contribution in [2.45, 2.75) is 25.5 Å². The van der Waals surface area contributed by atoms with Crippen molar-refractivity contribution in [1.82, 2.24) is 4.90 Å². The highest BCUT2D eigenvalue weighted by Crippen LogP contribution is 2.16. The van der Waals surface area contributed by atoms with E-state index in [4.69, 9.17) is 10.5 Å². The maximum Gasteiger partial charge on any atom is 0.123 e. The summed E-state index contributed by atoms with van der Waals surface area (Å²) in [6.07, 6.45) is 2.47. The van der Waals surface area contributed by atoms with Crippen molar-refractivity contribution in [1.29, 1.82) is 0 Å². The Kier molecular flexibility index (Phi) is 5.11. The van der Waals surface area contributed by atoms with Crippen LogP contribution in [0.15, 0.2) is 24.3 Å². The molecule has 1 saturated heterocycles. The van der Waals surface area contributed by atoms with Crippen LogP contribution in [-0.4, -0.2) is 37.2 Å². The van der Waals surface area contributed by atoms with Gasteiger partial charge in [-0.3, -0.25) is 4.90 Å². The predicted molar refractivity (Wildman–Crippen MR) is 69.7 cm³/mol. The molecule has 2 rings (SSSR count). The fourth-order valence-electron chi connectivity index (χ4n) is 2.32. The Morgan fingerprint density at radius 2 is 1.89 bits per heavy atom. The van der Waals surface area contributed by atoms with Crippen molar-refractivity contribution in [2.24, 2.45) is 5.73 Å². The molecular weight excluding hydrogens is 231 g/mol. The largest absolute Gasteiger partial charge is 0.377 e. The molecular formula is C14H21FN2O. The molecule has 0 bridgehead atoms. The van der Waals surface area contributed by atoms with E-state index in [0.717, 1.165) is 38.0 Å². The van der Waals surface area contributed by atoms with Crippen molar-refractivity contribution in [3.8, 4) is 0 Å². The average molecular weight is 252 g/mol. The van der Waals surface area contributed by atoms with Gasteiger partial charge in [0.15, 0.2) is 0 Å². The number of nitrogens with two attached hydrogens (primary N) is 1. The summed E-state index contributed by atoms with van der Waals surface area (Å²) in [5.41, 5.74) is 6.59. The van der Waals surface area contributed by atoms with Gasteiger partial charge in [0.2, 0.25) is 0 Å². The van der Waals surface area contributed by atoms with E-state index in [9.17, 15) is 4.39 Å². The highest BCUT2D eigenvalue weighted by molar-refractivity contribution is 5.15. The van der Waals surface area contributed by atoms with Crippen molar-refractivity contribution >= 4 is 0 Å². The van der Waals surface area contributed by atoms with E-state index in [2.05, 4.69) is 4.90 Å². The summed E-state index contributed by atoms with van der Waals surface area (Å²) in [6, 6.07) is 6.75. The SMILES string of the molecule is NCCOC1CCN(Cc2ccc(F)cc2)CC1. The van der Waals surface area contributed by atoms with Crippen LogP contribution in [0.25, 0.3) is 0 Å². The summed E-state index contributed by atoms with van der Waals surface area (Å²) in [6.45, 7) is 4.21. The minimum atomic E-state index is -0.173. The van der Waals surface area contributed by atoms with Crippen LogP contribution in [0.3, 0.4) is 0 Å². The van der Waals surface area contributed by atoms with Crippen molar-refractivity contribution in [3.63, 3.8) is 0 Å². The van der Waals surface area contributed by atoms with E-state index in [1.54, 1.807) is 0 Å². The number of piperidine rings is 1. The molecule has 4 heteroatoms. The Hall–Kier alpha value is -0.970. The summed E-state index contributed by atoms with van der Waals surface area (Å²) in [4.78, 5) is 2.38. The van der Waals surface area contributed by atoms with Gasteiger partial charge in [-0.15, -0.1) is 0 Å². The topological polar surface area (TPSA) is 38.5 Å². The Labute approximate surface area is 108 Å². The number of hydrogen-bond donors (Lipinski definition) is 1. The quantitative estimate of drug-likeness (QED) is 0.868. The zero-order valence-corrected chi connectivity index (χ0v) is 10.6. The van der Waals surface area contributed by atoms with Gasteiger partial charge in [0.1, 0.15) is 5.82 Å². The Morgan fingerprint density at radius 1 is 1.22 bits per heavy atom. The van der Waals surface area contributed by atoms with E-state index in [-0.39, 0.29) is 5.82 Å². The first-order chi connectivity index (χ1) is 8.78. The maximum atomic E-state index is 12.8. The molecule has 0 aliphatic carbocycles. The van der Waals surface area contributed by atoms with Crippen LogP contribution in [0, 0.1) is 5.82 Å². The number of likely N-dealkylation sites (tertiary alicyclic amines) is 1. The third kappa shape index (κ3) is 4.05. The Bertz CT molecular complexity index is 347. The predicted octanol–water partition coefficient (Wildman–Crippen LogP) is 1.77. The molecule has 18 heavy (non-hydrogen) atoms. The van der Waals surface area contributed by atoms with Crippen molar-refractivity contribution in [3.05, 3.63) is 35.6 Å². The van der Waals surface area contributed by atoms with Gasteiger partial charge in [-0.05, 0) is 30.5 Å². The minimum absolute atomic E-state index is 0.173. The van der Waals surface area contributed by atoms with Crippen LogP contribution in [-0.2, 0) is 11.3 Å². The van der Waals surface area contributed by atoms with Gasteiger partial charge in [0, 0.05) is 26.2 Å². The molecule has 1 aliphatic rings. The van der Waals surface area contributed by atoms with Gasteiger partial charge < -0.3 is 10.5 Å². The van der Waals surface area contributed by atoms with E-state index in [1.165, 1.54) is 12.1 Å². The zero-order chi connectivity index (χ0) is 12.8. The highest BCUT2D eigenvalue weighted by atomic mass is 19.1. The standard InChI is InChI=1S/C14H21FN2O/c15-13-3-1-12(2-4-13)11-17-8-5-14(6-9-17)18-10-7-16/h1-4,14H,5-11,16H2. The summed E-state index contributed by atoms with van der Waals surface area (Å²) < 4.78 is 18.4. The lowest BCUT2D eigenvalue weighted by Gasteiger charge is -2.31. The van der Waals surface area contributed by atoms with Crippen molar-refractivity contribution in [2.75, 3.05) is 26.2 Å². The summed E-state index contributed by atoms with van der Waals surface area (Å²) >= 11 is 0. The van der Waals surface area contributed by atoms with Crippen LogP contribution >= 0.6 is 0 Å². The smallest absolute Gasteiger partial charge is 0.123 e. The second-order valence-electron chi connectivity index (χ2n) is 4.76. The molecule has 1 heterocycles. The molecule has 1 aromatic rings. The lowest BCUT2D eigenvalue weighted by molar-refractivity contribution is 0.00978. The summed E-state index contributed by atoms with van der Waals surface area (Å²) in [5.74, 6) is -0.173. The summed E-state index contributed by atoms with van der Waals surface area (Å²) in [7, 11) is 0. The third-order valence-electron chi connectivity index (χ3n) is 3.33. The molecule has 1 aromatic carbocycles. The molecule has 3 nitrogen and oxygen atoms in total. The van der Waals surface area contributed by atoms with Crippen LogP contribution in [0.1, 0.15) is 18.4 Å². The van der Waals surface area contributed by atoms with Crippen LogP contribution < -0.4 is 5.73 Å². The molecule has 1 aliphatic heterocycles. The average Bonchev–Trinajstić information content (AvgIpc) is 2.41. The number of nitrogens with zero attached hydrogens (tertiary/aromatic N) is 1. The number of rotatable bonds is 5. The highest BCUT2D eigenvalue weighted by Gasteiger charge is 2.19. The first-order valence-electron chi connectivity index (χ1n) is 6.56. The van der Waals surface area contributed by atoms with E-state index in [1.807, 2.05) is 12.1 Å². The van der Waals surface area contributed by atoms with Gasteiger partial charge >= 0.3 is 0 Å². The van der Waals surface area contributed by atoms with E-state index >= 15 is 0 Å². The molecule has 0 amide bonds. The lowest BCUT2D eigenvalue weighted by atomic mass is 10.1. The second kappa shape index (κ2) is 6.83. The number of hydrogen-bond acceptors (Lipinski definition) is 3. The molecule has 0 radical (unpaired) electrons. The Morgan fingerprint density at radius 3 is 2.50 bits per heavy atom. The monoisotopic (exact) mass is 252 g/mol. The molecule has 2 N–H and O–H groups in total.